The average Bonchev–Trinajstić information content (AvgIpc) is 2.93. The van der Waals surface area contributed by atoms with Crippen molar-refractivity contribution in [1.29, 1.82) is 0 Å². The summed E-state index contributed by atoms with van der Waals surface area (Å²) < 4.78 is 5.01. The molecule has 0 spiro atoms. The summed E-state index contributed by atoms with van der Waals surface area (Å²) in [5, 5.41) is 0. The Labute approximate surface area is 125 Å². The minimum absolute atomic E-state index is 0.338. The molecular formula is C13H16N4OS2. The van der Waals surface area contributed by atoms with E-state index in [4.69, 9.17) is 11.5 Å². The second-order valence-corrected chi connectivity index (χ2v) is 6.29. The van der Waals surface area contributed by atoms with Gasteiger partial charge in [0, 0.05) is 12.2 Å². The third kappa shape index (κ3) is 3.17. The highest BCUT2D eigenvalue weighted by atomic mass is 32.2. The van der Waals surface area contributed by atoms with E-state index < -0.39 is 11.4 Å². The zero-order chi connectivity index (χ0) is 14.6. The number of nitrogens with two attached hydrogens (primary N) is 2. The quantitative estimate of drug-likeness (QED) is 0.789. The third-order valence-electron chi connectivity index (χ3n) is 2.92. The normalized spacial score (nSPS) is 13.9. The molecule has 0 aliphatic carbocycles. The van der Waals surface area contributed by atoms with Crippen LogP contribution in [0.3, 0.4) is 0 Å². The van der Waals surface area contributed by atoms with Gasteiger partial charge in [0.15, 0.2) is 4.34 Å². The number of aryl methyl sites for hydroxylation is 1. The lowest BCUT2D eigenvalue weighted by Gasteiger charge is -2.25. The molecule has 20 heavy (non-hydrogen) atoms. The van der Waals surface area contributed by atoms with Gasteiger partial charge >= 0.3 is 0 Å². The molecule has 106 valence electrons. The number of carbonyl (C=O) groups is 1. The van der Waals surface area contributed by atoms with E-state index in [2.05, 4.69) is 9.36 Å². The first kappa shape index (κ1) is 15.0. The number of hydrogen-bond acceptors (Lipinski definition) is 6. The number of amides is 1. The van der Waals surface area contributed by atoms with Gasteiger partial charge in [-0.1, -0.05) is 49.0 Å². The highest BCUT2D eigenvalue weighted by molar-refractivity contribution is 8.01. The predicted molar refractivity (Wildman–Crippen MR) is 81.5 cm³/mol. The topological polar surface area (TPSA) is 94.9 Å². The van der Waals surface area contributed by atoms with E-state index in [0.29, 0.717) is 11.3 Å². The first-order chi connectivity index (χ1) is 9.56. The molecule has 1 aromatic carbocycles. The summed E-state index contributed by atoms with van der Waals surface area (Å²) >= 11 is 2.72. The molecule has 0 saturated heterocycles. The van der Waals surface area contributed by atoms with Crippen molar-refractivity contribution in [1.82, 2.24) is 9.36 Å². The second kappa shape index (κ2) is 6.34. The van der Waals surface area contributed by atoms with Crippen LogP contribution in [0.15, 0.2) is 34.7 Å². The molecule has 1 unspecified atom stereocenters. The van der Waals surface area contributed by atoms with E-state index in [1.165, 1.54) is 23.3 Å². The first-order valence-electron chi connectivity index (χ1n) is 6.16. The Morgan fingerprint density at radius 3 is 2.65 bits per heavy atom. The van der Waals surface area contributed by atoms with Crippen molar-refractivity contribution >= 4 is 29.2 Å². The molecule has 0 aliphatic heterocycles. The lowest BCUT2D eigenvalue weighted by Crippen LogP contribution is -2.51. The van der Waals surface area contributed by atoms with Crippen molar-refractivity contribution < 1.29 is 4.79 Å². The number of rotatable bonds is 6. The summed E-state index contributed by atoms with van der Waals surface area (Å²) in [6.07, 6.45) is 0.791. The van der Waals surface area contributed by atoms with Crippen LogP contribution in [0.4, 0.5) is 0 Å². The molecule has 0 fully saturated rings. The van der Waals surface area contributed by atoms with Gasteiger partial charge in [0.1, 0.15) is 11.4 Å². The molecule has 2 rings (SSSR count). The van der Waals surface area contributed by atoms with Crippen LogP contribution in [0.25, 0.3) is 0 Å². The third-order valence-corrected chi connectivity index (χ3v) is 4.98. The van der Waals surface area contributed by atoms with Gasteiger partial charge in [0.05, 0.1) is 0 Å². The Kier molecular flexibility index (Phi) is 4.74. The van der Waals surface area contributed by atoms with Gasteiger partial charge < -0.3 is 11.5 Å². The fraction of sp³-hybridized carbons (Fsp3) is 0.308. The summed E-state index contributed by atoms with van der Waals surface area (Å²) in [5.74, 6) is 0.598. The fourth-order valence-electron chi connectivity index (χ4n) is 1.65. The maximum atomic E-state index is 11.8. The number of benzene rings is 1. The van der Waals surface area contributed by atoms with Crippen LogP contribution < -0.4 is 11.5 Å². The average molecular weight is 308 g/mol. The number of hydrogen-bond donors (Lipinski definition) is 2. The lowest BCUT2D eigenvalue weighted by atomic mass is 9.92. The zero-order valence-corrected chi connectivity index (χ0v) is 12.7. The van der Waals surface area contributed by atoms with E-state index in [0.717, 1.165) is 16.6 Å². The van der Waals surface area contributed by atoms with Crippen molar-refractivity contribution in [2.75, 3.05) is 5.75 Å². The van der Waals surface area contributed by atoms with Gasteiger partial charge in [-0.3, -0.25) is 4.79 Å². The molecule has 1 atom stereocenters. The molecule has 0 radical (unpaired) electrons. The molecule has 0 saturated carbocycles. The van der Waals surface area contributed by atoms with Gasteiger partial charge in [-0.15, -0.1) is 0 Å². The minimum atomic E-state index is -1.20. The molecule has 4 N–H and O–H groups in total. The summed E-state index contributed by atoms with van der Waals surface area (Å²) in [7, 11) is 0. The lowest BCUT2D eigenvalue weighted by molar-refractivity contribution is -0.122. The Balaban J connectivity index is 2.16. The van der Waals surface area contributed by atoms with Crippen LogP contribution in [-0.2, 0) is 16.8 Å². The van der Waals surface area contributed by atoms with Gasteiger partial charge in [-0.05, 0) is 17.1 Å². The summed E-state index contributed by atoms with van der Waals surface area (Å²) in [4.78, 5) is 16.1. The molecule has 2 aromatic rings. The number of primary amides is 1. The highest BCUT2D eigenvalue weighted by Crippen LogP contribution is 2.28. The Morgan fingerprint density at radius 2 is 2.10 bits per heavy atom. The van der Waals surface area contributed by atoms with Crippen molar-refractivity contribution in [2.24, 2.45) is 11.5 Å². The number of carbonyl (C=O) groups excluding carboxylic acids is 1. The highest BCUT2D eigenvalue weighted by Gasteiger charge is 2.34. The maximum Gasteiger partial charge on any atom is 0.243 e. The maximum absolute atomic E-state index is 11.8. The number of nitrogens with zero attached hydrogens (tertiary/aromatic N) is 2. The Hall–Kier alpha value is -1.44. The van der Waals surface area contributed by atoms with Crippen LogP contribution in [0.1, 0.15) is 18.3 Å². The van der Waals surface area contributed by atoms with Crippen molar-refractivity contribution in [2.45, 2.75) is 23.2 Å². The summed E-state index contributed by atoms with van der Waals surface area (Å²) in [6.45, 7) is 2.00. The van der Waals surface area contributed by atoms with Crippen LogP contribution in [0, 0.1) is 0 Å². The van der Waals surface area contributed by atoms with E-state index >= 15 is 0 Å². The van der Waals surface area contributed by atoms with Crippen molar-refractivity contribution in [3.63, 3.8) is 0 Å². The van der Waals surface area contributed by atoms with Crippen LogP contribution in [-0.4, -0.2) is 21.0 Å². The molecule has 1 amide bonds. The van der Waals surface area contributed by atoms with Crippen LogP contribution in [0.2, 0.25) is 0 Å². The molecule has 0 aliphatic rings. The second-order valence-electron chi connectivity index (χ2n) is 4.32. The molecular weight excluding hydrogens is 292 g/mol. The molecule has 5 nitrogen and oxygen atoms in total. The monoisotopic (exact) mass is 308 g/mol. The standard InChI is InChI=1S/C13H16N4OS2/c1-2-10-16-12(20-17-10)19-8-13(15,11(14)18)9-6-4-3-5-7-9/h3-7H,2,8,15H2,1H3,(H2,14,18). The van der Waals surface area contributed by atoms with E-state index in [9.17, 15) is 4.79 Å². The molecule has 0 bridgehead atoms. The molecule has 1 heterocycles. The number of aromatic nitrogens is 2. The Bertz CT molecular complexity index is 587. The van der Waals surface area contributed by atoms with Gasteiger partial charge in [0.25, 0.3) is 0 Å². The largest absolute Gasteiger partial charge is 0.368 e. The van der Waals surface area contributed by atoms with Gasteiger partial charge in [-0.25, -0.2) is 4.98 Å². The van der Waals surface area contributed by atoms with E-state index in [1.54, 1.807) is 0 Å². The molecule has 1 aromatic heterocycles. The predicted octanol–water partition coefficient (Wildman–Crippen LogP) is 1.53. The van der Waals surface area contributed by atoms with Crippen LogP contribution >= 0.6 is 23.3 Å². The first-order valence-corrected chi connectivity index (χ1v) is 7.92. The van der Waals surface area contributed by atoms with Crippen molar-refractivity contribution in [3.8, 4) is 0 Å². The van der Waals surface area contributed by atoms with E-state index in [-0.39, 0.29) is 0 Å². The molecule has 7 heteroatoms. The van der Waals surface area contributed by atoms with Crippen molar-refractivity contribution in [3.05, 3.63) is 41.7 Å². The minimum Gasteiger partial charge on any atom is -0.368 e. The smallest absolute Gasteiger partial charge is 0.243 e. The zero-order valence-electron chi connectivity index (χ0n) is 11.1. The Morgan fingerprint density at radius 1 is 1.40 bits per heavy atom. The van der Waals surface area contributed by atoms with Gasteiger partial charge in [-0.2, -0.15) is 4.37 Å². The van der Waals surface area contributed by atoms with Crippen LogP contribution in [0.5, 0.6) is 0 Å². The summed E-state index contributed by atoms with van der Waals surface area (Å²) in [6, 6.07) is 9.16. The fourth-order valence-corrected chi connectivity index (χ4v) is 3.48. The van der Waals surface area contributed by atoms with Gasteiger partial charge in [0.2, 0.25) is 5.91 Å². The SMILES string of the molecule is CCc1nsc(SCC(N)(C(N)=O)c2ccccc2)n1. The summed E-state index contributed by atoms with van der Waals surface area (Å²) in [5.41, 5.74) is 11.2. The van der Waals surface area contributed by atoms with E-state index in [1.807, 2.05) is 37.3 Å². The number of thioether (sulfide) groups is 1.